The van der Waals surface area contributed by atoms with Gasteiger partial charge in [-0.3, -0.25) is 14.5 Å². The third kappa shape index (κ3) is 4.27. The second-order valence-corrected chi connectivity index (χ2v) is 7.31. The molecule has 0 radical (unpaired) electrons. The van der Waals surface area contributed by atoms with Gasteiger partial charge in [0.1, 0.15) is 0 Å². The van der Waals surface area contributed by atoms with E-state index < -0.39 is 0 Å². The van der Waals surface area contributed by atoms with Crippen molar-refractivity contribution in [1.82, 2.24) is 24.5 Å². The second kappa shape index (κ2) is 8.00. The van der Waals surface area contributed by atoms with E-state index in [0.29, 0.717) is 50.0 Å². The zero-order valence-corrected chi connectivity index (χ0v) is 16.5. The largest absolute Gasteiger partial charge is 0.338 e. The summed E-state index contributed by atoms with van der Waals surface area (Å²) in [4.78, 5) is 32.8. The number of amides is 1. The SMILES string of the molecule is Cc1ccc(-c2noc(CN3CCN(C(=O)c4ccn(C)c(=O)c4)CC3)n2)cc1. The molecule has 1 amide bonds. The summed E-state index contributed by atoms with van der Waals surface area (Å²) in [5.74, 6) is 1.04. The van der Waals surface area contributed by atoms with Gasteiger partial charge in [-0.2, -0.15) is 4.98 Å². The maximum atomic E-state index is 12.6. The number of hydrogen-bond donors (Lipinski definition) is 0. The van der Waals surface area contributed by atoms with Gasteiger partial charge in [-0.1, -0.05) is 35.0 Å². The first-order valence-electron chi connectivity index (χ1n) is 9.57. The Bertz CT molecular complexity index is 1060. The van der Waals surface area contributed by atoms with Crippen molar-refractivity contribution in [1.29, 1.82) is 0 Å². The van der Waals surface area contributed by atoms with E-state index in [1.54, 1.807) is 24.2 Å². The fourth-order valence-corrected chi connectivity index (χ4v) is 3.30. The van der Waals surface area contributed by atoms with Crippen LogP contribution in [0.15, 0.2) is 51.9 Å². The zero-order valence-electron chi connectivity index (χ0n) is 16.5. The highest BCUT2D eigenvalue weighted by atomic mass is 16.5. The van der Waals surface area contributed by atoms with Crippen molar-refractivity contribution in [2.45, 2.75) is 13.5 Å². The summed E-state index contributed by atoms with van der Waals surface area (Å²) in [6, 6.07) is 11.1. The van der Waals surface area contributed by atoms with E-state index >= 15 is 0 Å². The Morgan fingerprint density at radius 2 is 1.83 bits per heavy atom. The van der Waals surface area contributed by atoms with E-state index in [-0.39, 0.29) is 11.5 Å². The minimum absolute atomic E-state index is 0.109. The maximum absolute atomic E-state index is 12.6. The molecule has 0 unspecified atom stereocenters. The molecule has 1 fully saturated rings. The van der Waals surface area contributed by atoms with Crippen molar-refractivity contribution in [2.75, 3.05) is 26.2 Å². The molecule has 8 heteroatoms. The molecule has 1 saturated heterocycles. The van der Waals surface area contributed by atoms with Gasteiger partial charge in [-0.15, -0.1) is 0 Å². The quantitative estimate of drug-likeness (QED) is 0.671. The van der Waals surface area contributed by atoms with Gasteiger partial charge in [0.15, 0.2) is 0 Å². The molecule has 150 valence electrons. The van der Waals surface area contributed by atoms with Crippen molar-refractivity contribution >= 4 is 5.91 Å². The summed E-state index contributed by atoms with van der Waals surface area (Å²) in [6.07, 6.45) is 1.62. The lowest BCUT2D eigenvalue weighted by molar-refractivity contribution is 0.0615. The van der Waals surface area contributed by atoms with E-state index in [0.717, 1.165) is 5.56 Å². The first kappa shape index (κ1) is 19.1. The van der Waals surface area contributed by atoms with E-state index in [1.807, 2.05) is 31.2 Å². The van der Waals surface area contributed by atoms with Gasteiger partial charge in [-0.05, 0) is 13.0 Å². The number of aromatic nitrogens is 3. The lowest BCUT2D eigenvalue weighted by atomic mass is 10.1. The van der Waals surface area contributed by atoms with Crippen molar-refractivity contribution in [2.24, 2.45) is 7.05 Å². The van der Waals surface area contributed by atoms with Gasteiger partial charge in [0, 0.05) is 56.6 Å². The molecule has 0 N–H and O–H groups in total. The molecule has 4 rings (SSSR count). The Labute approximate surface area is 168 Å². The number of aryl methyl sites for hydroxylation is 2. The number of rotatable bonds is 4. The average molecular weight is 393 g/mol. The van der Waals surface area contributed by atoms with Crippen LogP contribution in [-0.2, 0) is 13.6 Å². The number of hydrogen-bond acceptors (Lipinski definition) is 6. The van der Waals surface area contributed by atoms with Crippen LogP contribution in [0.4, 0.5) is 0 Å². The minimum Gasteiger partial charge on any atom is -0.338 e. The summed E-state index contributed by atoms with van der Waals surface area (Å²) in [7, 11) is 1.66. The molecular formula is C21H23N5O3. The molecule has 1 aliphatic rings. The number of piperazine rings is 1. The lowest BCUT2D eigenvalue weighted by Crippen LogP contribution is -2.48. The first-order valence-corrected chi connectivity index (χ1v) is 9.57. The number of nitrogens with zero attached hydrogens (tertiary/aromatic N) is 5. The first-order chi connectivity index (χ1) is 14.0. The van der Waals surface area contributed by atoms with Crippen LogP contribution >= 0.6 is 0 Å². The molecule has 0 bridgehead atoms. The summed E-state index contributed by atoms with van der Waals surface area (Å²) in [6.45, 7) is 5.18. The smallest absolute Gasteiger partial charge is 0.254 e. The maximum Gasteiger partial charge on any atom is 0.254 e. The normalized spacial score (nSPS) is 14.9. The summed E-state index contributed by atoms with van der Waals surface area (Å²) in [5.41, 5.74) is 2.35. The average Bonchev–Trinajstić information content (AvgIpc) is 3.19. The highest BCUT2D eigenvalue weighted by Gasteiger charge is 2.23. The van der Waals surface area contributed by atoms with E-state index in [4.69, 9.17) is 4.52 Å². The molecule has 3 heterocycles. The molecule has 3 aromatic rings. The molecule has 8 nitrogen and oxygen atoms in total. The fraction of sp³-hybridized carbons (Fsp3) is 0.333. The van der Waals surface area contributed by atoms with Gasteiger partial charge < -0.3 is 14.0 Å². The molecule has 0 saturated carbocycles. The third-order valence-corrected chi connectivity index (χ3v) is 5.15. The second-order valence-electron chi connectivity index (χ2n) is 7.31. The number of benzene rings is 1. The van der Waals surface area contributed by atoms with Crippen LogP contribution in [0.2, 0.25) is 0 Å². The standard InChI is InChI=1S/C21H23N5O3/c1-15-3-5-16(6-4-15)20-22-18(29-23-20)14-25-9-11-26(12-10-25)21(28)17-7-8-24(2)19(27)13-17/h3-8,13H,9-12,14H2,1-2H3. The van der Waals surface area contributed by atoms with Crippen LogP contribution in [0.1, 0.15) is 21.8 Å². The number of carbonyl (C=O) groups excluding carboxylic acids is 1. The van der Waals surface area contributed by atoms with Crippen molar-refractivity contribution < 1.29 is 9.32 Å². The predicted octanol–water partition coefficient (Wildman–Crippen LogP) is 1.70. The Hall–Kier alpha value is -3.26. The Kier molecular flexibility index (Phi) is 5.26. The molecular weight excluding hydrogens is 370 g/mol. The van der Waals surface area contributed by atoms with Gasteiger partial charge in [0.25, 0.3) is 11.5 Å². The molecule has 2 aromatic heterocycles. The molecule has 1 aromatic carbocycles. The van der Waals surface area contributed by atoms with Crippen molar-refractivity contribution in [3.63, 3.8) is 0 Å². The van der Waals surface area contributed by atoms with Gasteiger partial charge in [0.2, 0.25) is 11.7 Å². The molecule has 0 atom stereocenters. The van der Waals surface area contributed by atoms with Crippen LogP contribution in [0.3, 0.4) is 0 Å². The molecule has 29 heavy (non-hydrogen) atoms. The fourth-order valence-electron chi connectivity index (χ4n) is 3.30. The third-order valence-electron chi connectivity index (χ3n) is 5.15. The molecule has 0 spiro atoms. The zero-order chi connectivity index (χ0) is 20.4. The van der Waals surface area contributed by atoms with E-state index in [2.05, 4.69) is 15.0 Å². The van der Waals surface area contributed by atoms with Crippen LogP contribution in [0.25, 0.3) is 11.4 Å². The summed E-state index contributed by atoms with van der Waals surface area (Å²) >= 11 is 0. The Morgan fingerprint density at radius 3 is 2.52 bits per heavy atom. The highest BCUT2D eigenvalue weighted by molar-refractivity contribution is 5.94. The van der Waals surface area contributed by atoms with E-state index in [1.165, 1.54) is 16.2 Å². The van der Waals surface area contributed by atoms with Gasteiger partial charge in [0.05, 0.1) is 6.54 Å². The Balaban J connectivity index is 1.34. The topological polar surface area (TPSA) is 84.5 Å². The molecule has 0 aliphatic carbocycles. The van der Waals surface area contributed by atoms with Crippen molar-refractivity contribution in [3.05, 3.63) is 70.0 Å². The van der Waals surface area contributed by atoms with Crippen molar-refractivity contribution in [3.8, 4) is 11.4 Å². The minimum atomic E-state index is -0.185. The highest BCUT2D eigenvalue weighted by Crippen LogP contribution is 2.17. The molecule has 1 aliphatic heterocycles. The summed E-state index contributed by atoms with van der Waals surface area (Å²) in [5, 5.41) is 4.07. The van der Waals surface area contributed by atoms with E-state index in [9.17, 15) is 9.59 Å². The van der Waals surface area contributed by atoms with Crippen LogP contribution in [-0.4, -0.2) is 56.6 Å². The van der Waals surface area contributed by atoms with Crippen LogP contribution < -0.4 is 5.56 Å². The monoisotopic (exact) mass is 393 g/mol. The Morgan fingerprint density at radius 1 is 1.10 bits per heavy atom. The van der Waals surface area contributed by atoms with Crippen LogP contribution in [0.5, 0.6) is 0 Å². The number of pyridine rings is 1. The summed E-state index contributed by atoms with van der Waals surface area (Å²) < 4.78 is 6.85. The number of carbonyl (C=O) groups is 1. The van der Waals surface area contributed by atoms with Gasteiger partial charge in [-0.25, -0.2) is 0 Å². The van der Waals surface area contributed by atoms with Crippen LogP contribution in [0, 0.1) is 6.92 Å². The lowest BCUT2D eigenvalue weighted by Gasteiger charge is -2.34. The predicted molar refractivity (Wildman–Crippen MR) is 107 cm³/mol. The van der Waals surface area contributed by atoms with Gasteiger partial charge >= 0.3 is 0 Å².